The van der Waals surface area contributed by atoms with Gasteiger partial charge in [0, 0.05) is 44.6 Å². The molecule has 0 spiro atoms. The Balaban J connectivity index is 1.78. The fraction of sp³-hybridized carbons (Fsp3) is 0.600. The summed E-state index contributed by atoms with van der Waals surface area (Å²) in [7, 11) is 0. The van der Waals surface area contributed by atoms with Crippen molar-refractivity contribution in [2.75, 3.05) is 32.7 Å². The Morgan fingerprint density at radius 3 is 2.17 bits per heavy atom. The summed E-state index contributed by atoms with van der Waals surface area (Å²) in [6, 6.07) is 8.87. The molecule has 2 rings (SSSR count). The molecule has 0 saturated carbocycles. The van der Waals surface area contributed by atoms with Crippen LogP contribution in [0.5, 0.6) is 0 Å². The van der Waals surface area contributed by atoms with Gasteiger partial charge in [-0.15, -0.1) is 11.6 Å². The van der Waals surface area contributed by atoms with Crippen molar-refractivity contribution in [3.05, 3.63) is 35.4 Å². The van der Waals surface area contributed by atoms with Crippen molar-refractivity contribution in [3.63, 3.8) is 0 Å². The predicted octanol–water partition coefficient (Wildman–Crippen LogP) is 2.74. The van der Waals surface area contributed by atoms with E-state index in [1.54, 1.807) is 0 Å². The van der Waals surface area contributed by atoms with Crippen molar-refractivity contribution >= 4 is 11.6 Å². The second kappa shape index (κ2) is 6.55. The SMILES string of the molecule is Cc1ccc(CN2CCN(CC(C)Cl)CC2)cc1. The Hall–Kier alpha value is -0.570. The van der Waals surface area contributed by atoms with E-state index in [1.165, 1.54) is 11.1 Å². The summed E-state index contributed by atoms with van der Waals surface area (Å²) in [5, 5.41) is 0.258. The van der Waals surface area contributed by atoms with Gasteiger partial charge < -0.3 is 0 Å². The minimum atomic E-state index is 0.258. The first kappa shape index (κ1) is 13.9. The first-order valence-corrected chi connectivity index (χ1v) is 7.21. The fourth-order valence-electron chi connectivity index (χ4n) is 2.44. The van der Waals surface area contributed by atoms with Crippen molar-refractivity contribution in [1.29, 1.82) is 0 Å². The van der Waals surface area contributed by atoms with Crippen LogP contribution in [-0.2, 0) is 6.54 Å². The van der Waals surface area contributed by atoms with Crippen molar-refractivity contribution in [2.45, 2.75) is 25.8 Å². The van der Waals surface area contributed by atoms with Crippen LogP contribution in [0.3, 0.4) is 0 Å². The van der Waals surface area contributed by atoms with Crippen LogP contribution in [-0.4, -0.2) is 47.9 Å². The van der Waals surface area contributed by atoms with Crippen LogP contribution in [0, 0.1) is 6.92 Å². The summed E-state index contributed by atoms with van der Waals surface area (Å²) >= 11 is 6.04. The normalized spacial score (nSPS) is 19.9. The van der Waals surface area contributed by atoms with Crippen molar-refractivity contribution in [2.24, 2.45) is 0 Å². The van der Waals surface area contributed by atoms with Gasteiger partial charge in [0.1, 0.15) is 0 Å². The highest BCUT2D eigenvalue weighted by molar-refractivity contribution is 6.20. The Morgan fingerprint density at radius 1 is 1.06 bits per heavy atom. The molecular weight excluding hydrogens is 244 g/mol. The summed E-state index contributed by atoms with van der Waals surface area (Å²) in [6.45, 7) is 10.9. The molecule has 3 heteroatoms. The summed E-state index contributed by atoms with van der Waals surface area (Å²) in [5.74, 6) is 0. The molecule has 0 aliphatic carbocycles. The molecule has 1 fully saturated rings. The Bertz CT molecular complexity index is 353. The van der Waals surface area contributed by atoms with Gasteiger partial charge in [-0.3, -0.25) is 9.80 Å². The molecule has 0 amide bonds. The maximum absolute atomic E-state index is 6.04. The molecule has 1 aromatic carbocycles. The lowest BCUT2D eigenvalue weighted by Gasteiger charge is -2.35. The first-order valence-electron chi connectivity index (χ1n) is 6.78. The van der Waals surface area contributed by atoms with Gasteiger partial charge >= 0.3 is 0 Å². The van der Waals surface area contributed by atoms with Gasteiger partial charge in [0.2, 0.25) is 0 Å². The van der Waals surface area contributed by atoms with E-state index in [1.807, 2.05) is 0 Å². The monoisotopic (exact) mass is 266 g/mol. The maximum Gasteiger partial charge on any atom is 0.0435 e. The lowest BCUT2D eigenvalue weighted by Crippen LogP contribution is -2.47. The third-order valence-electron chi connectivity index (χ3n) is 3.50. The van der Waals surface area contributed by atoms with Crippen LogP contribution >= 0.6 is 11.6 Å². The molecule has 0 bridgehead atoms. The minimum absolute atomic E-state index is 0.258. The van der Waals surface area contributed by atoms with E-state index < -0.39 is 0 Å². The maximum atomic E-state index is 6.04. The van der Waals surface area contributed by atoms with Gasteiger partial charge in [0.25, 0.3) is 0 Å². The smallest absolute Gasteiger partial charge is 0.0435 e. The summed E-state index contributed by atoms with van der Waals surface area (Å²) in [6.07, 6.45) is 0. The molecule has 100 valence electrons. The van der Waals surface area contributed by atoms with Gasteiger partial charge in [0.05, 0.1) is 0 Å². The Kier molecular flexibility index (Phi) is 5.04. The van der Waals surface area contributed by atoms with E-state index >= 15 is 0 Å². The number of aryl methyl sites for hydroxylation is 1. The fourth-order valence-corrected chi connectivity index (χ4v) is 2.63. The van der Waals surface area contributed by atoms with Crippen molar-refractivity contribution < 1.29 is 0 Å². The van der Waals surface area contributed by atoms with Crippen LogP contribution in [0.15, 0.2) is 24.3 Å². The van der Waals surface area contributed by atoms with Crippen LogP contribution < -0.4 is 0 Å². The van der Waals surface area contributed by atoms with Crippen LogP contribution in [0.1, 0.15) is 18.1 Å². The van der Waals surface area contributed by atoms with E-state index in [2.05, 4.69) is 47.9 Å². The molecule has 0 aromatic heterocycles. The van der Waals surface area contributed by atoms with E-state index in [4.69, 9.17) is 11.6 Å². The van der Waals surface area contributed by atoms with Gasteiger partial charge in [-0.1, -0.05) is 29.8 Å². The Labute approximate surface area is 116 Å². The number of nitrogens with zero attached hydrogens (tertiary/aromatic N) is 2. The third-order valence-corrected chi connectivity index (χ3v) is 3.64. The predicted molar refractivity (Wildman–Crippen MR) is 78.2 cm³/mol. The first-order chi connectivity index (χ1) is 8.63. The molecule has 1 unspecified atom stereocenters. The highest BCUT2D eigenvalue weighted by Gasteiger charge is 2.17. The average Bonchev–Trinajstić information content (AvgIpc) is 2.34. The molecule has 0 N–H and O–H groups in total. The van der Waals surface area contributed by atoms with Gasteiger partial charge in [-0.25, -0.2) is 0 Å². The van der Waals surface area contributed by atoms with Crippen molar-refractivity contribution in [1.82, 2.24) is 9.80 Å². The Morgan fingerprint density at radius 2 is 1.61 bits per heavy atom. The number of halogens is 1. The second-order valence-corrected chi connectivity index (χ2v) is 6.09. The molecule has 2 nitrogen and oxygen atoms in total. The largest absolute Gasteiger partial charge is 0.299 e. The number of benzene rings is 1. The third kappa shape index (κ3) is 4.27. The molecule has 1 aliphatic rings. The van der Waals surface area contributed by atoms with Gasteiger partial charge in [0.15, 0.2) is 0 Å². The molecule has 1 heterocycles. The number of piperazine rings is 1. The summed E-state index contributed by atoms with van der Waals surface area (Å²) in [4.78, 5) is 4.99. The number of alkyl halides is 1. The van der Waals surface area contributed by atoms with E-state index in [9.17, 15) is 0 Å². The van der Waals surface area contributed by atoms with Crippen LogP contribution in [0.2, 0.25) is 0 Å². The molecule has 1 saturated heterocycles. The van der Waals surface area contributed by atoms with Gasteiger partial charge in [-0.05, 0) is 19.4 Å². The summed E-state index contributed by atoms with van der Waals surface area (Å²) in [5.41, 5.74) is 2.75. The van der Waals surface area contributed by atoms with E-state index in [0.717, 1.165) is 39.3 Å². The molecular formula is C15H23ClN2. The van der Waals surface area contributed by atoms with Crippen LogP contribution in [0.25, 0.3) is 0 Å². The van der Waals surface area contributed by atoms with Gasteiger partial charge in [-0.2, -0.15) is 0 Å². The zero-order valence-corrected chi connectivity index (χ0v) is 12.2. The number of hydrogen-bond acceptors (Lipinski definition) is 2. The molecule has 18 heavy (non-hydrogen) atoms. The number of rotatable bonds is 4. The topological polar surface area (TPSA) is 6.48 Å². The highest BCUT2D eigenvalue weighted by Crippen LogP contribution is 2.10. The number of hydrogen-bond donors (Lipinski definition) is 0. The average molecular weight is 267 g/mol. The molecule has 1 aromatic rings. The zero-order valence-electron chi connectivity index (χ0n) is 11.4. The van der Waals surface area contributed by atoms with E-state index in [-0.39, 0.29) is 5.38 Å². The van der Waals surface area contributed by atoms with Crippen LogP contribution in [0.4, 0.5) is 0 Å². The van der Waals surface area contributed by atoms with Crippen molar-refractivity contribution in [3.8, 4) is 0 Å². The minimum Gasteiger partial charge on any atom is -0.299 e. The zero-order chi connectivity index (χ0) is 13.0. The lowest BCUT2D eigenvalue weighted by molar-refractivity contribution is 0.128. The van der Waals surface area contributed by atoms with E-state index in [0.29, 0.717) is 0 Å². The summed E-state index contributed by atoms with van der Waals surface area (Å²) < 4.78 is 0. The lowest BCUT2D eigenvalue weighted by atomic mass is 10.1. The molecule has 0 radical (unpaired) electrons. The second-order valence-electron chi connectivity index (χ2n) is 5.34. The quantitative estimate of drug-likeness (QED) is 0.774. The standard InChI is InChI=1S/C15H23ClN2/c1-13-3-5-15(6-4-13)12-18-9-7-17(8-10-18)11-14(2)16/h3-6,14H,7-12H2,1-2H3. The highest BCUT2D eigenvalue weighted by atomic mass is 35.5. The molecule has 1 atom stereocenters. The molecule has 1 aliphatic heterocycles.